The molecule has 0 aromatic rings. The Bertz CT molecular complexity index is 57.1. The van der Waals surface area contributed by atoms with Crippen LogP contribution in [0.1, 0.15) is 13.3 Å². The van der Waals surface area contributed by atoms with Gasteiger partial charge in [-0.2, -0.15) is 0 Å². The number of hydrogen-bond donors (Lipinski definition) is 1. The van der Waals surface area contributed by atoms with Gasteiger partial charge in [0, 0.05) is 0 Å². The molecule has 1 atom stereocenters. The van der Waals surface area contributed by atoms with Crippen LogP contribution >= 0.6 is 0 Å². The molecule has 2 heteroatoms. The summed E-state index contributed by atoms with van der Waals surface area (Å²) >= 11 is 0. The van der Waals surface area contributed by atoms with E-state index < -0.39 is 0 Å². The molecule has 0 saturated carbocycles. The Morgan fingerprint density at radius 2 is 2.43 bits per heavy atom. The molecule has 7 heavy (non-hydrogen) atoms. The summed E-state index contributed by atoms with van der Waals surface area (Å²) in [7, 11) is 0. The predicted molar refractivity (Wildman–Crippen MR) is 31.4 cm³/mol. The summed E-state index contributed by atoms with van der Waals surface area (Å²) < 4.78 is 0. The van der Waals surface area contributed by atoms with Gasteiger partial charge >= 0.3 is 0 Å². The van der Waals surface area contributed by atoms with Crippen molar-refractivity contribution in [3.05, 3.63) is 0 Å². The molecule has 1 aliphatic rings. The van der Waals surface area contributed by atoms with Crippen LogP contribution in [0.25, 0.3) is 0 Å². The van der Waals surface area contributed by atoms with Crippen LogP contribution in [0, 0.1) is 5.92 Å². The second-order valence-corrected chi connectivity index (χ2v) is 2.57. The quantitative estimate of drug-likeness (QED) is 0.448. The van der Waals surface area contributed by atoms with Crippen LogP contribution in [0.4, 0.5) is 0 Å². The molecule has 0 radical (unpaired) electrons. The molecule has 0 bridgehead atoms. The third-order valence-corrected chi connectivity index (χ3v) is 1.67. The second-order valence-electron chi connectivity index (χ2n) is 2.57. The van der Waals surface area contributed by atoms with Gasteiger partial charge in [-0.05, 0) is 18.6 Å². The summed E-state index contributed by atoms with van der Waals surface area (Å²) in [4.78, 5) is 0. The summed E-state index contributed by atoms with van der Waals surface area (Å²) in [5.74, 6) is 0.773. The van der Waals surface area contributed by atoms with E-state index in [-0.39, 0.29) is 6.92 Å². The summed E-state index contributed by atoms with van der Waals surface area (Å²) in [6, 6.07) is 0. The molecular formula is C5H11BO. The SMILES string of the molecule is C[C@H]1CCB(O)C1. The highest BCUT2D eigenvalue weighted by Crippen LogP contribution is 2.23. The van der Waals surface area contributed by atoms with Crippen LogP contribution < -0.4 is 0 Å². The first kappa shape index (κ1) is 5.17. The van der Waals surface area contributed by atoms with E-state index >= 15 is 0 Å². The van der Waals surface area contributed by atoms with Gasteiger partial charge < -0.3 is 5.02 Å². The Kier molecular flexibility index (Phi) is 1.38. The van der Waals surface area contributed by atoms with Crippen molar-refractivity contribution in [2.75, 3.05) is 0 Å². The molecule has 0 amide bonds. The van der Waals surface area contributed by atoms with Gasteiger partial charge in [0.15, 0.2) is 0 Å². The molecule has 0 aromatic heterocycles. The van der Waals surface area contributed by atoms with E-state index in [4.69, 9.17) is 5.02 Å². The van der Waals surface area contributed by atoms with Gasteiger partial charge in [0.2, 0.25) is 0 Å². The maximum atomic E-state index is 8.90. The molecule has 40 valence electrons. The Balaban J connectivity index is 2.26. The number of hydrogen-bond acceptors (Lipinski definition) is 1. The zero-order chi connectivity index (χ0) is 5.28. The van der Waals surface area contributed by atoms with E-state index in [2.05, 4.69) is 6.92 Å². The van der Waals surface area contributed by atoms with Crippen LogP contribution in [-0.4, -0.2) is 11.9 Å². The first-order valence-corrected chi connectivity index (χ1v) is 2.97. The van der Waals surface area contributed by atoms with Crippen molar-refractivity contribution < 1.29 is 5.02 Å². The van der Waals surface area contributed by atoms with Crippen molar-refractivity contribution in [2.24, 2.45) is 5.92 Å². The molecule has 1 saturated heterocycles. The Morgan fingerprint density at radius 3 is 2.57 bits per heavy atom. The summed E-state index contributed by atoms with van der Waals surface area (Å²) in [5.41, 5.74) is 0. The van der Waals surface area contributed by atoms with Gasteiger partial charge in [0.25, 0.3) is 6.92 Å². The molecular weight excluding hydrogens is 86.9 g/mol. The minimum Gasteiger partial charge on any atom is -0.450 e. The Morgan fingerprint density at radius 1 is 1.71 bits per heavy atom. The Labute approximate surface area is 44.8 Å². The molecule has 1 fully saturated rings. The fraction of sp³-hybridized carbons (Fsp3) is 1.00. The summed E-state index contributed by atoms with van der Waals surface area (Å²) in [5, 5.41) is 8.90. The zero-order valence-corrected chi connectivity index (χ0v) is 4.72. The lowest BCUT2D eigenvalue weighted by atomic mass is 9.67. The molecule has 0 aromatic carbocycles. The van der Waals surface area contributed by atoms with Gasteiger partial charge in [0.1, 0.15) is 0 Å². The summed E-state index contributed by atoms with van der Waals surface area (Å²) in [6.45, 7) is 2.21. The third kappa shape index (κ3) is 1.20. The summed E-state index contributed by atoms with van der Waals surface area (Å²) in [6.07, 6.45) is 3.28. The molecule has 1 nitrogen and oxygen atoms in total. The molecule has 0 spiro atoms. The van der Waals surface area contributed by atoms with Crippen LogP contribution in [-0.2, 0) is 0 Å². The largest absolute Gasteiger partial charge is 0.450 e. The fourth-order valence-electron chi connectivity index (χ4n) is 1.18. The van der Waals surface area contributed by atoms with Gasteiger partial charge in [-0.3, -0.25) is 0 Å². The van der Waals surface area contributed by atoms with Crippen molar-refractivity contribution >= 4 is 6.92 Å². The van der Waals surface area contributed by atoms with E-state index in [1.54, 1.807) is 0 Å². The molecule has 0 unspecified atom stereocenters. The lowest BCUT2D eigenvalue weighted by Gasteiger charge is -1.93. The van der Waals surface area contributed by atoms with Crippen molar-refractivity contribution in [1.82, 2.24) is 0 Å². The van der Waals surface area contributed by atoms with Crippen LogP contribution in [0.3, 0.4) is 0 Å². The van der Waals surface area contributed by atoms with Gasteiger partial charge in [0.05, 0.1) is 0 Å². The molecule has 1 aliphatic heterocycles. The Hall–Kier alpha value is 0.0249. The average Bonchev–Trinajstić information content (AvgIpc) is 1.87. The van der Waals surface area contributed by atoms with E-state index in [9.17, 15) is 0 Å². The topological polar surface area (TPSA) is 20.2 Å². The van der Waals surface area contributed by atoms with Crippen LogP contribution in [0.15, 0.2) is 0 Å². The lowest BCUT2D eigenvalue weighted by molar-refractivity contribution is 0.572. The van der Waals surface area contributed by atoms with Crippen molar-refractivity contribution in [3.8, 4) is 0 Å². The maximum Gasteiger partial charge on any atom is 0.289 e. The minimum atomic E-state index is 0.0231. The van der Waals surface area contributed by atoms with E-state index in [1.165, 1.54) is 6.42 Å². The van der Waals surface area contributed by atoms with Gasteiger partial charge in [-0.25, -0.2) is 0 Å². The minimum absolute atomic E-state index is 0.0231. The zero-order valence-electron chi connectivity index (χ0n) is 4.72. The predicted octanol–water partition coefficient (Wildman–Crippen LogP) is 1.01. The first-order chi connectivity index (χ1) is 3.29. The van der Waals surface area contributed by atoms with E-state index in [0.717, 1.165) is 18.6 Å². The highest BCUT2D eigenvalue weighted by atomic mass is 16.2. The lowest BCUT2D eigenvalue weighted by Crippen LogP contribution is -2.03. The highest BCUT2D eigenvalue weighted by molar-refractivity contribution is 6.51. The van der Waals surface area contributed by atoms with E-state index in [1.807, 2.05) is 0 Å². The highest BCUT2D eigenvalue weighted by Gasteiger charge is 2.22. The number of rotatable bonds is 0. The van der Waals surface area contributed by atoms with Crippen molar-refractivity contribution in [3.63, 3.8) is 0 Å². The average molecular weight is 98.0 g/mol. The monoisotopic (exact) mass is 98.1 g/mol. The second kappa shape index (κ2) is 1.87. The van der Waals surface area contributed by atoms with Crippen molar-refractivity contribution in [1.29, 1.82) is 0 Å². The smallest absolute Gasteiger partial charge is 0.289 e. The van der Waals surface area contributed by atoms with Gasteiger partial charge in [-0.15, -0.1) is 0 Å². The molecule has 1 rings (SSSR count). The van der Waals surface area contributed by atoms with Crippen molar-refractivity contribution in [2.45, 2.75) is 26.0 Å². The normalized spacial score (nSPS) is 31.7. The van der Waals surface area contributed by atoms with Crippen LogP contribution in [0.5, 0.6) is 0 Å². The standard InChI is InChI=1S/C5H11BO/c1-5-2-3-6(7)4-5/h5,7H,2-4H2,1H3/t5-/m0/s1. The molecule has 1 N–H and O–H groups in total. The fourth-order valence-corrected chi connectivity index (χ4v) is 1.18. The first-order valence-electron chi connectivity index (χ1n) is 2.97. The van der Waals surface area contributed by atoms with Gasteiger partial charge in [-0.1, -0.05) is 13.3 Å². The molecule has 0 aliphatic carbocycles. The van der Waals surface area contributed by atoms with E-state index in [0.29, 0.717) is 0 Å². The van der Waals surface area contributed by atoms with Crippen LogP contribution in [0.2, 0.25) is 12.6 Å². The molecule has 1 heterocycles. The maximum absolute atomic E-state index is 8.90. The third-order valence-electron chi connectivity index (χ3n) is 1.67.